The molecule has 0 radical (unpaired) electrons. The van der Waals surface area contributed by atoms with Crippen LogP contribution in [-0.2, 0) is 5.41 Å². The first-order chi connectivity index (χ1) is 26.8. The zero-order valence-corrected chi connectivity index (χ0v) is 29.8. The summed E-state index contributed by atoms with van der Waals surface area (Å²) in [6.07, 6.45) is 0. The Labute approximate surface area is 317 Å². The van der Waals surface area contributed by atoms with Gasteiger partial charge in [-0.15, -0.1) is 10.2 Å². The molecule has 0 saturated carbocycles. The third kappa shape index (κ3) is 4.01. The fourth-order valence-corrected chi connectivity index (χ4v) is 10.5. The molecule has 1 spiro atoms. The quantitative estimate of drug-likeness (QED) is 0.184. The van der Waals surface area contributed by atoms with Gasteiger partial charge in [-0.3, -0.25) is 0 Å². The Hall–Kier alpha value is -6.62. The van der Waals surface area contributed by atoms with Gasteiger partial charge in [0.1, 0.15) is 11.4 Å². The van der Waals surface area contributed by atoms with Gasteiger partial charge in [0, 0.05) is 26.5 Å². The van der Waals surface area contributed by atoms with Crippen molar-refractivity contribution in [3.8, 4) is 67.3 Å². The van der Waals surface area contributed by atoms with Gasteiger partial charge in [-0.1, -0.05) is 163 Å². The Bertz CT molecular complexity index is 2990. The van der Waals surface area contributed by atoms with E-state index in [4.69, 9.17) is 15.2 Å². The lowest BCUT2D eigenvalue weighted by atomic mass is 9.67. The maximum absolute atomic E-state index is 5.34. The van der Waals surface area contributed by atoms with E-state index in [-0.39, 0.29) is 0 Å². The number of benzene rings is 8. The van der Waals surface area contributed by atoms with Gasteiger partial charge in [0.2, 0.25) is 0 Å². The van der Waals surface area contributed by atoms with Crippen LogP contribution >= 0.6 is 11.8 Å². The fraction of sp³-hybridized carbons (Fsp3) is 0.0200. The summed E-state index contributed by atoms with van der Waals surface area (Å²) in [5.41, 5.74) is 16.8. The predicted molar refractivity (Wildman–Crippen MR) is 219 cm³/mol. The normalized spacial score (nSPS) is 13.6. The van der Waals surface area contributed by atoms with Gasteiger partial charge in [0.05, 0.1) is 5.41 Å². The molecule has 3 nitrogen and oxygen atoms in total. The molecule has 0 saturated heterocycles. The number of aromatic nitrogens is 3. The van der Waals surface area contributed by atoms with Crippen LogP contribution in [0, 0.1) is 0 Å². The highest BCUT2D eigenvalue weighted by Crippen LogP contribution is 2.62. The van der Waals surface area contributed by atoms with Gasteiger partial charge in [0.25, 0.3) is 0 Å². The van der Waals surface area contributed by atoms with Gasteiger partial charge >= 0.3 is 0 Å². The second-order valence-electron chi connectivity index (χ2n) is 14.3. The maximum atomic E-state index is 5.34. The van der Waals surface area contributed by atoms with Crippen LogP contribution in [0.1, 0.15) is 22.3 Å². The molecular formula is C50H29N3S. The largest absolute Gasteiger partial charge is 0.224 e. The lowest BCUT2D eigenvalue weighted by Gasteiger charge is -2.39. The topological polar surface area (TPSA) is 38.7 Å². The van der Waals surface area contributed by atoms with Crippen LogP contribution in [0.2, 0.25) is 0 Å². The molecule has 0 atom stereocenters. The predicted octanol–water partition coefficient (Wildman–Crippen LogP) is 12.5. The minimum Gasteiger partial charge on any atom is -0.224 e. The molecule has 2 aliphatic carbocycles. The molecule has 3 aliphatic rings. The standard InChI is InChI=1S/C50H29N3S/c1-2-12-31(13-3-1)47-48(52-53-49(51-47)33-24-26-34-37-18-10-14-30-15-11-19-38(46(30)37)39(34)28-33)32-25-27-45-43(29-32)50(42-22-8-9-23-44(42)54-45)40-20-6-4-16-35(40)36-17-5-7-21-41(36)50/h1-29H. The number of hydrogen-bond donors (Lipinski definition) is 0. The average Bonchev–Trinajstić information content (AvgIpc) is 3.72. The van der Waals surface area contributed by atoms with Crippen LogP contribution in [0.25, 0.3) is 78.1 Å². The highest BCUT2D eigenvalue weighted by molar-refractivity contribution is 7.99. The molecule has 0 amide bonds. The highest BCUT2D eigenvalue weighted by atomic mass is 32.2. The van der Waals surface area contributed by atoms with Gasteiger partial charge in [0.15, 0.2) is 5.82 Å². The van der Waals surface area contributed by atoms with Crippen molar-refractivity contribution >= 4 is 22.5 Å². The highest BCUT2D eigenvalue weighted by Gasteiger charge is 2.50. The first kappa shape index (κ1) is 29.9. The lowest BCUT2D eigenvalue weighted by molar-refractivity contribution is 0.722. The molecule has 2 heterocycles. The van der Waals surface area contributed by atoms with Crippen LogP contribution in [0.5, 0.6) is 0 Å². The third-order valence-corrected chi connectivity index (χ3v) is 12.8. The van der Waals surface area contributed by atoms with E-state index in [1.807, 2.05) is 17.8 Å². The van der Waals surface area contributed by atoms with E-state index in [1.165, 1.54) is 76.2 Å². The molecule has 12 rings (SSSR count). The van der Waals surface area contributed by atoms with Crippen LogP contribution < -0.4 is 0 Å². The van der Waals surface area contributed by atoms with Crippen molar-refractivity contribution in [3.63, 3.8) is 0 Å². The molecule has 54 heavy (non-hydrogen) atoms. The van der Waals surface area contributed by atoms with E-state index in [2.05, 4.69) is 170 Å². The van der Waals surface area contributed by atoms with Gasteiger partial charge in [-0.05, 0) is 90.7 Å². The molecule has 250 valence electrons. The maximum Gasteiger partial charge on any atom is 0.182 e. The second kappa shape index (κ2) is 11.2. The monoisotopic (exact) mass is 703 g/mol. The molecule has 8 aromatic carbocycles. The summed E-state index contributed by atoms with van der Waals surface area (Å²) in [4.78, 5) is 7.88. The van der Waals surface area contributed by atoms with Crippen molar-refractivity contribution in [2.45, 2.75) is 15.2 Å². The molecule has 0 bridgehead atoms. The van der Waals surface area contributed by atoms with Crippen molar-refractivity contribution in [3.05, 3.63) is 198 Å². The first-order valence-corrected chi connectivity index (χ1v) is 19.2. The molecule has 1 aliphatic heterocycles. The van der Waals surface area contributed by atoms with Crippen molar-refractivity contribution in [2.75, 3.05) is 0 Å². The smallest absolute Gasteiger partial charge is 0.182 e. The van der Waals surface area contributed by atoms with Crippen LogP contribution in [0.3, 0.4) is 0 Å². The molecule has 1 aromatic heterocycles. The molecule has 9 aromatic rings. The molecule has 0 N–H and O–H groups in total. The summed E-state index contributed by atoms with van der Waals surface area (Å²) in [7, 11) is 0. The van der Waals surface area contributed by atoms with Crippen LogP contribution in [-0.4, -0.2) is 15.2 Å². The number of rotatable bonds is 3. The van der Waals surface area contributed by atoms with Crippen molar-refractivity contribution in [2.24, 2.45) is 0 Å². The Morgan fingerprint density at radius 1 is 0.370 bits per heavy atom. The minimum atomic E-state index is -0.473. The fourth-order valence-electron chi connectivity index (χ4n) is 9.37. The van der Waals surface area contributed by atoms with Crippen molar-refractivity contribution in [1.29, 1.82) is 0 Å². The van der Waals surface area contributed by atoms with E-state index in [0.717, 1.165) is 28.1 Å². The SMILES string of the molecule is c1ccc(-c2nc(-c3ccc4c(c3)-c3cccc5cccc-4c35)nnc2-c2ccc3c(c2)C2(c4ccccc4S3)c3ccccc3-c3ccccc32)cc1. The van der Waals surface area contributed by atoms with E-state index >= 15 is 0 Å². The van der Waals surface area contributed by atoms with E-state index in [1.54, 1.807) is 0 Å². The zero-order valence-electron chi connectivity index (χ0n) is 29.0. The summed E-state index contributed by atoms with van der Waals surface area (Å²) < 4.78 is 0. The Morgan fingerprint density at radius 3 is 1.78 bits per heavy atom. The summed E-state index contributed by atoms with van der Waals surface area (Å²) in [5.74, 6) is 0.612. The Balaban J connectivity index is 1.06. The van der Waals surface area contributed by atoms with Gasteiger partial charge in [-0.25, -0.2) is 4.98 Å². The second-order valence-corrected chi connectivity index (χ2v) is 15.4. The summed E-state index contributed by atoms with van der Waals surface area (Å²) in [6.45, 7) is 0. The number of nitrogens with zero attached hydrogens (tertiary/aromatic N) is 3. The summed E-state index contributed by atoms with van der Waals surface area (Å²) >= 11 is 1.85. The summed E-state index contributed by atoms with van der Waals surface area (Å²) in [5, 5.41) is 12.5. The first-order valence-electron chi connectivity index (χ1n) is 18.4. The lowest BCUT2D eigenvalue weighted by Crippen LogP contribution is -2.32. The average molecular weight is 704 g/mol. The molecule has 0 unspecified atom stereocenters. The van der Waals surface area contributed by atoms with E-state index in [9.17, 15) is 0 Å². The molecular weight excluding hydrogens is 675 g/mol. The minimum absolute atomic E-state index is 0.473. The molecule has 0 fully saturated rings. The van der Waals surface area contributed by atoms with E-state index < -0.39 is 5.41 Å². The Morgan fingerprint density at radius 2 is 1.00 bits per heavy atom. The van der Waals surface area contributed by atoms with Crippen molar-refractivity contribution < 1.29 is 0 Å². The number of fused-ring (bicyclic) bond motifs is 12. The zero-order chi connectivity index (χ0) is 35.4. The molecule has 4 heteroatoms. The summed E-state index contributed by atoms with van der Waals surface area (Å²) in [6, 6.07) is 63.7. The van der Waals surface area contributed by atoms with E-state index in [0.29, 0.717) is 5.82 Å². The third-order valence-electron chi connectivity index (χ3n) is 11.6. The van der Waals surface area contributed by atoms with Gasteiger partial charge in [-0.2, -0.15) is 0 Å². The van der Waals surface area contributed by atoms with Crippen LogP contribution in [0.15, 0.2) is 186 Å². The Kier molecular flexibility index (Phi) is 6.20. The van der Waals surface area contributed by atoms with Crippen LogP contribution in [0.4, 0.5) is 0 Å². The van der Waals surface area contributed by atoms with Gasteiger partial charge < -0.3 is 0 Å². The van der Waals surface area contributed by atoms with Crippen molar-refractivity contribution in [1.82, 2.24) is 15.2 Å². The number of hydrogen-bond acceptors (Lipinski definition) is 4.